The number of amides is 2. The van der Waals surface area contributed by atoms with Gasteiger partial charge < -0.3 is 19.7 Å². The summed E-state index contributed by atoms with van der Waals surface area (Å²) in [4.78, 5) is 28.3. The zero-order valence-electron chi connectivity index (χ0n) is 19.6. The van der Waals surface area contributed by atoms with Gasteiger partial charge in [0.05, 0.1) is 26.6 Å². The molecular weight excluding hydrogens is 428 g/mol. The fourth-order valence-corrected chi connectivity index (χ4v) is 4.52. The van der Waals surface area contributed by atoms with Crippen molar-refractivity contribution >= 4 is 11.8 Å². The van der Waals surface area contributed by atoms with Crippen LogP contribution in [0.3, 0.4) is 0 Å². The molecule has 2 atom stereocenters. The first-order chi connectivity index (χ1) is 16.6. The Morgan fingerprint density at radius 2 is 1.56 bits per heavy atom. The molecule has 0 saturated carbocycles. The highest BCUT2D eigenvalue weighted by Crippen LogP contribution is 2.39. The van der Waals surface area contributed by atoms with Crippen LogP contribution in [0.5, 0.6) is 11.5 Å². The lowest BCUT2D eigenvalue weighted by molar-refractivity contribution is -0.130. The summed E-state index contributed by atoms with van der Waals surface area (Å²) in [6.45, 7) is 1.24. The maximum absolute atomic E-state index is 13.4. The summed E-state index contributed by atoms with van der Waals surface area (Å²) in [5, 5.41) is 3.07. The topological polar surface area (TPSA) is 67.9 Å². The summed E-state index contributed by atoms with van der Waals surface area (Å²) in [5.41, 5.74) is 2.86. The normalized spacial score (nSPS) is 17.3. The van der Waals surface area contributed by atoms with Crippen molar-refractivity contribution in [3.63, 3.8) is 0 Å². The summed E-state index contributed by atoms with van der Waals surface area (Å²) in [6, 6.07) is 25.1. The average Bonchev–Trinajstić information content (AvgIpc) is 3.34. The molecule has 1 heterocycles. The van der Waals surface area contributed by atoms with Crippen molar-refractivity contribution in [2.45, 2.75) is 18.9 Å². The Balaban J connectivity index is 1.58. The van der Waals surface area contributed by atoms with Crippen LogP contribution in [0.25, 0.3) is 0 Å². The Kier molecular flexibility index (Phi) is 7.48. The molecule has 0 radical (unpaired) electrons. The monoisotopic (exact) mass is 458 g/mol. The van der Waals surface area contributed by atoms with Crippen molar-refractivity contribution in [1.29, 1.82) is 0 Å². The Morgan fingerprint density at radius 3 is 2.21 bits per heavy atom. The van der Waals surface area contributed by atoms with Gasteiger partial charge in [0.15, 0.2) is 0 Å². The lowest BCUT2D eigenvalue weighted by atomic mass is 9.87. The number of hydrogen-bond acceptors (Lipinski definition) is 4. The van der Waals surface area contributed by atoms with E-state index in [1.165, 1.54) is 0 Å². The Bertz CT molecular complexity index is 1120. The maximum atomic E-state index is 13.4. The van der Waals surface area contributed by atoms with Crippen LogP contribution in [0.4, 0.5) is 0 Å². The van der Waals surface area contributed by atoms with Gasteiger partial charge in [0.1, 0.15) is 11.5 Å². The molecule has 0 aliphatic carbocycles. The fourth-order valence-electron chi connectivity index (χ4n) is 4.52. The lowest BCUT2D eigenvalue weighted by Crippen LogP contribution is -2.35. The van der Waals surface area contributed by atoms with Crippen LogP contribution in [0.2, 0.25) is 0 Å². The van der Waals surface area contributed by atoms with Gasteiger partial charge in [-0.05, 0) is 29.3 Å². The Labute approximate surface area is 200 Å². The van der Waals surface area contributed by atoms with E-state index in [-0.39, 0.29) is 17.7 Å². The molecular formula is C28H30N2O4. The Hall–Kier alpha value is -3.80. The number of hydrogen-bond donors (Lipinski definition) is 1. The first-order valence-corrected chi connectivity index (χ1v) is 11.4. The smallest absolute Gasteiger partial charge is 0.227 e. The van der Waals surface area contributed by atoms with Crippen molar-refractivity contribution in [2.75, 3.05) is 27.3 Å². The second kappa shape index (κ2) is 10.9. The molecule has 3 aromatic rings. The number of ether oxygens (including phenoxy) is 2. The van der Waals surface area contributed by atoms with Crippen molar-refractivity contribution in [3.05, 3.63) is 95.6 Å². The van der Waals surface area contributed by atoms with Crippen LogP contribution in [-0.4, -0.2) is 44.0 Å². The zero-order valence-corrected chi connectivity index (χ0v) is 19.6. The van der Waals surface area contributed by atoms with Crippen LogP contribution < -0.4 is 14.8 Å². The maximum Gasteiger partial charge on any atom is 0.227 e. The molecule has 1 aliphatic heterocycles. The van der Waals surface area contributed by atoms with Crippen LogP contribution in [0, 0.1) is 5.92 Å². The summed E-state index contributed by atoms with van der Waals surface area (Å²) in [7, 11) is 3.23. The van der Waals surface area contributed by atoms with Crippen molar-refractivity contribution in [3.8, 4) is 11.5 Å². The first-order valence-electron chi connectivity index (χ1n) is 11.4. The number of carbonyl (C=O) groups excluding carboxylic acids is 2. The number of carbonyl (C=O) groups is 2. The molecule has 1 fully saturated rings. The van der Waals surface area contributed by atoms with Gasteiger partial charge in [0.25, 0.3) is 0 Å². The molecule has 0 unspecified atom stereocenters. The zero-order chi connectivity index (χ0) is 23.9. The minimum atomic E-state index is -0.399. The van der Waals surface area contributed by atoms with E-state index in [9.17, 15) is 9.59 Å². The molecule has 3 aromatic carbocycles. The van der Waals surface area contributed by atoms with Crippen LogP contribution in [-0.2, 0) is 22.6 Å². The highest BCUT2D eigenvalue weighted by atomic mass is 16.5. The number of benzene rings is 3. The molecule has 1 aliphatic rings. The van der Waals surface area contributed by atoms with Gasteiger partial charge in [-0.25, -0.2) is 0 Å². The molecule has 6 nitrogen and oxygen atoms in total. The fraction of sp³-hybridized carbons (Fsp3) is 0.286. The van der Waals surface area contributed by atoms with Gasteiger partial charge in [-0.2, -0.15) is 0 Å². The van der Waals surface area contributed by atoms with Crippen LogP contribution in [0.1, 0.15) is 22.6 Å². The number of nitrogens with one attached hydrogen (secondary N) is 1. The molecule has 2 amide bonds. The van der Waals surface area contributed by atoms with Gasteiger partial charge in [-0.15, -0.1) is 0 Å². The summed E-state index contributed by atoms with van der Waals surface area (Å²) < 4.78 is 11.0. The van der Waals surface area contributed by atoms with E-state index in [0.717, 1.165) is 16.7 Å². The predicted octanol–water partition coefficient (Wildman–Crippen LogP) is 3.80. The highest BCUT2D eigenvalue weighted by Gasteiger charge is 2.41. The van der Waals surface area contributed by atoms with E-state index in [1.54, 1.807) is 19.1 Å². The molecule has 34 heavy (non-hydrogen) atoms. The average molecular weight is 459 g/mol. The molecule has 176 valence electrons. The number of likely N-dealkylation sites (tertiary alicyclic amines) is 1. The lowest BCUT2D eigenvalue weighted by Gasteiger charge is -2.21. The van der Waals surface area contributed by atoms with Gasteiger partial charge in [0.2, 0.25) is 11.8 Å². The molecule has 6 heteroatoms. The quantitative estimate of drug-likeness (QED) is 0.558. The number of rotatable bonds is 8. The molecule has 1 N–H and O–H groups in total. The third-order valence-corrected chi connectivity index (χ3v) is 6.35. The predicted molar refractivity (Wildman–Crippen MR) is 131 cm³/mol. The second-order valence-electron chi connectivity index (χ2n) is 8.49. The van der Waals surface area contributed by atoms with Crippen molar-refractivity contribution in [1.82, 2.24) is 10.2 Å². The standard InChI is InChI=1S/C28H30N2O4/c1-33-22-13-14-26(34-2)23(16-22)24-18-30(27(31)15-20-9-5-3-6-10-20)19-25(24)28(32)29-17-21-11-7-4-8-12-21/h3-14,16,24-25H,15,17-19H2,1-2H3,(H,29,32)/t24-,25-/m0/s1. The van der Waals surface area contributed by atoms with Crippen LogP contribution in [0.15, 0.2) is 78.9 Å². The Morgan fingerprint density at radius 1 is 0.882 bits per heavy atom. The van der Waals surface area contributed by atoms with E-state index >= 15 is 0 Å². The van der Waals surface area contributed by atoms with E-state index < -0.39 is 5.92 Å². The van der Waals surface area contributed by atoms with Gasteiger partial charge in [0, 0.05) is 31.1 Å². The molecule has 0 spiro atoms. The van der Waals surface area contributed by atoms with Gasteiger partial charge in [-0.3, -0.25) is 9.59 Å². The second-order valence-corrected chi connectivity index (χ2v) is 8.49. The third-order valence-electron chi connectivity index (χ3n) is 6.35. The van der Waals surface area contributed by atoms with E-state index in [2.05, 4.69) is 5.32 Å². The SMILES string of the molecule is COc1ccc(OC)c([C@@H]2CN(C(=O)Cc3ccccc3)C[C@@H]2C(=O)NCc2ccccc2)c1. The minimum absolute atomic E-state index is 0.0106. The summed E-state index contributed by atoms with van der Waals surface area (Å²) in [6.07, 6.45) is 0.307. The van der Waals surface area contributed by atoms with Crippen molar-refractivity contribution in [2.24, 2.45) is 5.92 Å². The van der Waals surface area contributed by atoms with E-state index in [1.807, 2.05) is 78.9 Å². The number of nitrogens with zero attached hydrogens (tertiary/aromatic N) is 1. The van der Waals surface area contributed by atoms with Gasteiger partial charge in [-0.1, -0.05) is 60.7 Å². The third kappa shape index (κ3) is 5.39. The minimum Gasteiger partial charge on any atom is -0.497 e. The largest absolute Gasteiger partial charge is 0.497 e. The van der Waals surface area contributed by atoms with E-state index in [0.29, 0.717) is 37.6 Å². The molecule has 0 aromatic heterocycles. The highest BCUT2D eigenvalue weighted by molar-refractivity contribution is 5.84. The molecule has 4 rings (SSSR count). The first kappa shape index (κ1) is 23.4. The van der Waals surface area contributed by atoms with Crippen molar-refractivity contribution < 1.29 is 19.1 Å². The van der Waals surface area contributed by atoms with E-state index in [4.69, 9.17) is 9.47 Å². The van der Waals surface area contributed by atoms with Crippen LogP contribution >= 0.6 is 0 Å². The number of methoxy groups -OCH3 is 2. The molecule has 0 bridgehead atoms. The molecule has 1 saturated heterocycles. The summed E-state index contributed by atoms with van der Waals surface area (Å²) in [5.74, 6) is 0.701. The van der Waals surface area contributed by atoms with Gasteiger partial charge >= 0.3 is 0 Å². The summed E-state index contributed by atoms with van der Waals surface area (Å²) >= 11 is 0.